The summed E-state index contributed by atoms with van der Waals surface area (Å²) in [6.45, 7) is 0.747. The number of H-pyrrole nitrogens is 1. The van der Waals surface area contributed by atoms with Crippen molar-refractivity contribution in [1.82, 2.24) is 9.88 Å². The highest BCUT2D eigenvalue weighted by atomic mass is 35.5. The number of nitrogens with zero attached hydrogens (tertiary/aromatic N) is 1. The molecule has 0 saturated heterocycles. The minimum Gasteiger partial charge on any atom is -0.355 e. The highest BCUT2D eigenvalue weighted by molar-refractivity contribution is 7.80. The van der Waals surface area contributed by atoms with Crippen LogP contribution in [0.3, 0.4) is 0 Å². The summed E-state index contributed by atoms with van der Waals surface area (Å²) in [7, 11) is 3.92. The van der Waals surface area contributed by atoms with Crippen LogP contribution in [0.4, 0.5) is 8.78 Å². The Morgan fingerprint density at radius 2 is 1.88 bits per heavy atom. The molecule has 0 aliphatic heterocycles. The van der Waals surface area contributed by atoms with Gasteiger partial charge in [0.25, 0.3) is 0 Å². The monoisotopic (exact) mass is 380 g/mol. The predicted molar refractivity (Wildman–Crippen MR) is 102 cm³/mol. The lowest BCUT2D eigenvalue weighted by atomic mass is 10.0. The van der Waals surface area contributed by atoms with Crippen LogP contribution in [0, 0.1) is 11.6 Å². The molecule has 0 unspecified atom stereocenters. The number of hydrogen-bond donors (Lipinski definition) is 2. The molecule has 3 aromatic rings. The Morgan fingerprint density at radius 1 is 1.16 bits per heavy atom. The SMILES string of the molecule is CN(C)CCc1c(Cc2ccccc2S)[nH]c2c(F)cc(F)c(Cl)c12. The third-order valence-corrected chi connectivity index (χ3v) is 5.09. The minimum absolute atomic E-state index is 0.0354. The number of likely N-dealkylation sites (N-methyl/N-ethyl adjacent to an activating group) is 1. The van der Waals surface area contributed by atoms with Crippen LogP contribution in [0.2, 0.25) is 5.02 Å². The van der Waals surface area contributed by atoms with Gasteiger partial charge in [-0.2, -0.15) is 0 Å². The molecule has 2 aromatic carbocycles. The molecular formula is C19H19ClF2N2S. The van der Waals surface area contributed by atoms with Crippen LogP contribution >= 0.6 is 24.2 Å². The van der Waals surface area contributed by atoms with Crippen molar-refractivity contribution in [3.63, 3.8) is 0 Å². The highest BCUT2D eigenvalue weighted by Crippen LogP contribution is 2.35. The second kappa shape index (κ2) is 7.36. The van der Waals surface area contributed by atoms with Gasteiger partial charge in [0, 0.05) is 35.0 Å². The smallest absolute Gasteiger partial charge is 0.150 e. The average Bonchev–Trinajstić information content (AvgIpc) is 2.92. The van der Waals surface area contributed by atoms with Gasteiger partial charge in [0.2, 0.25) is 0 Å². The summed E-state index contributed by atoms with van der Waals surface area (Å²) in [6.07, 6.45) is 1.19. The molecule has 132 valence electrons. The zero-order chi connectivity index (χ0) is 18.1. The van der Waals surface area contributed by atoms with E-state index in [1.807, 2.05) is 43.3 Å². The first-order valence-electron chi connectivity index (χ1n) is 7.97. The number of nitrogens with one attached hydrogen (secondary N) is 1. The lowest BCUT2D eigenvalue weighted by Crippen LogP contribution is -2.15. The molecule has 0 bridgehead atoms. The Balaban J connectivity index is 2.16. The van der Waals surface area contributed by atoms with E-state index in [1.165, 1.54) is 0 Å². The maximum atomic E-state index is 14.3. The molecule has 1 aromatic heterocycles. The molecule has 1 heterocycles. The van der Waals surface area contributed by atoms with Crippen LogP contribution < -0.4 is 0 Å². The van der Waals surface area contributed by atoms with Gasteiger partial charge in [-0.3, -0.25) is 0 Å². The molecule has 0 aliphatic carbocycles. The van der Waals surface area contributed by atoms with E-state index >= 15 is 0 Å². The summed E-state index contributed by atoms with van der Waals surface area (Å²) < 4.78 is 28.3. The van der Waals surface area contributed by atoms with Crippen LogP contribution in [0.5, 0.6) is 0 Å². The zero-order valence-electron chi connectivity index (χ0n) is 14.0. The zero-order valence-corrected chi connectivity index (χ0v) is 15.7. The molecule has 3 rings (SSSR count). The number of aromatic amines is 1. The fourth-order valence-corrected chi connectivity index (χ4v) is 3.49. The van der Waals surface area contributed by atoms with E-state index in [2.05, 4.69) is 17.6 Å². The third-order valence-electron chi connectivity index (χ3n) is 4.28. The highest BCUT2D eigenvalue weighted by Gasteiger charge is 2.20. The molecule has 25 heavy (non-hydrogen) atoms. The Kier molecular flexibility index (Phi) is 5.37. The number of hydrogen-bond acceptors (Lipinski definition) is 2. The summed E-state index contributed by atoms with van der Waals surface area (Å²) in [5, 5.41) is 0.402. The Labute approximate surface area is 156 Å². The molecule has 1 N–H and O–H groups in total. The summed E-state index contributed by atoms with van der Waals surface area (Å²) in [4.78, 5) is 6.01. The van der Waals surface area contributed by atoms with E-state index < -0.39 is 11.6 Å². The molecule has 0 atom stereocenters. The van der Waals surface area contributed by atoms with E-state index in [1.54, 1.807) is 0 Å². The molecular weight excluding hydrogens is 362 g/mol. The van der Waals surface area contributed by atoms with Crippen molar-refractivity contribution >= 4 is 35.1 Å². The largest absolute Gasteiger partial charge is 0.355 e. The quantitative estimate of drug-likeness (QED) is 0.466. The van der Waals surface area contributed by atoms with Crippen molar-refractivity contribution in [1.29, 1.82) is 0 Å². The number of thiol groups is 1. The summed E-state index contributed by atoms with van der Waals surface area (Å²) >= 11 is 10.7. The summed E-state index contributed by atoms with van der Waals surface area (Å²) in [5.41, 5.74) is 2.96. The molecule has 6 heteroatoms. The summed E-state index contributed by atoms with van der Waals surface area (Å²) in [6, 6.07) is 8.56. The van der Waals surface area contributed by atoms with Gasteiger partial charge in [0.05, 0.1) is 10.5 Å². The molecule has 0 saturated carbocycles. The Morgan fingerprint density at radius 3 is 2.56 bits per heavy atom. The number of aromatic nitrogens is 1. The van der Waals surface area contributed by atoms with Crippen LogP contribution in [-0.2, 0) is 12.8 Å². The summed E-state index contributed by atoms with van der Waals surface area (Å²) in [5.74, 6) is -1.37. The number of rotatable bonds is 5. The Bertz CT molecular complexity index is 921. The third kappa shape index (κ3) is 3.68. The van der Waals surface area contributed by atoms with Gasteiger partial charge in [-0.1, -0.05) is 29.8 Å². The predicted octanol–water partition coefficient (Wildman–Crippen LogP) is 5.08. The van der Waals surface area contributed by atoms with Gasteiger partial charge < -0.3 is 9.88 Å². The molecule has 0 amide bonds. The van der Waals surface area contributed by atoms with E-state index in [4.69, 9.17) is 11.6 Å². The fourth-order valence-electron chi connectivity index (χ4n) is 2.99. The molecule has 0 radical (unpaired) electrons. The topological polar surface area (TPSA) is 19.0 Å². The van der Waals surface area contributed by atoms with Crippen molar-refractivity contribution in [3.8, 4) is 0 Å². The minimum atomic E-state index is -0.738. The molecule has 0 aliphatic rings. The molecule has 0 fully saturated rings. The average molecular weight is 381 g/mol. The number of fused-ring (bicyclic) bond motifs is 1. The normalized spacial score (nSPS) is 11.6. The second-order valence-electron chi connectivity index (χ2n) is 6.35. The fraction of sp³-hybridized carbons (Fsp3) is 0.263. The van der Waals surface area contributed by atoms with Gasteiger partial charge in [-0.05, 0) is 37.7 Å². The van der Waals surface area contributed by atoms with Crippen LogP contribution in [0.15, 0.2) is 35.2 Å². The van der Waals surface area contributed by atoms with Gasteiger partial charge in [-0.15, -0.1) is 12.6 Å². The van der Waals surface area contributed by atoms with Crippen LogP contribution in [-0.4, -0.2) is 30.5 Å². The van der Waals surface area contributed by atoms with Gasteiger partial charge >= 0.3 is 0 Å². The first-order valence-corrected chi connectivity index (χ1v) is 8.79. The van der Waals surface area contributed by atoms with Crippen molar-refractivity contribution in [3.05, 3.63) is 63.8 Å². The van der Waals surface area contributed by atoms with E-state index in [-0.39, 0.29) is 10.5 Å². The van der Waals surface area contributed by atoms with Crippen LogP contribution in [0.1, 0.15) is 16.8 Å². The van der Waals surface area contributed by atoms with Crippen molar-refractivity contribution in [2.75, 3.05) is 20.6 Å². The first-order chi connectivity index (χ1) is 11.9. The first kappa shape index (κ1) is 18.2. The van der Waals surface area contributed by atoms with Gasteiger partial charge in [-0.25, -0.2) is 8.78 Å². The van der Waals surface area contributed by atoms with Crippen molar-refractivity contribution in [2.45, 2.75) is 17.7 Å². The number of halogens is 3. The van der Waals surface area contributed by atoms with E-state index in [0.29, 0.717) is 18.2 Å². The lowest BCUT2D eigenvalue weighted by molar-refractivity contribution is 0.413. The van der Waals surface area contributed by atoms with Crippen LogP contribution in [0.25, 0.3) is 10.9 Å². The Hall–Kier alpha value is -1.56. The maximum absolute atomic E-state index is 14.3. The standard InChI is InChI=1S/C19H19ClF2N2S/c1-24(2)8-7-12-15(9-11-5-3-4-6-16(11)25)23-19-14(22)10-13(21)18(20)17(12)19/h3-6,10,23,25H,7-9H2,1-2H3. The van der Waals surface area contributed by atoms with Gasteiger partial charge in [0.1, 0.15) is 11.6 Å². The van der Waals surface area contributed by atoms with Crippen molar-refractivity contribution < 1.29 is 8.78 Å². The van der Waals surface area contributed by atoms with Gasteiger partial charge in [0.15, 0.2) is 0 Å². The number of benzene rings is 2. The second-order valence-corrected chi connectivity index (χ2v) is 7.20. The maximum Gasteiger partial charge on any atom is 0.150 e. The lowest BCUT2D eigenvalue weighted by Gasteiger charge is -2.12. The molecule has 0 spiro atoms. The molecule has 2 nitrogen and oxygen atoms in total. The van der Waals surface area contributed by atoms with Crippen molar-refractivity contribution in [2.24, 2.45) is 0 Å². The van der Waals surface area contributed by atoms with E-state index in [9.17, 15) is 8.78 Å². The van der Waals surface area contributed by atoms with E-state index in [0.717, 1.165) is 34.3 Å².